The molecule has 0 atom stereocenters. The minimum atomic E-state index is -3.38. The van der Waals surface area contributed by atoms with Gasteiger partial charge in [0.2, 0.25) is 0 Å². The maximum atomic E-state index is 14.2. The second-order valence-electron chi connectivity index (χ2n) is 4.72. The van der Waals surface area contributed by atoms with E-state index in [4.69, 9.17) is 0 Å². The van der Waals surface area contributed by atoms with Crippen LogP contribution in [0.3, 0.4) is 0 Å². The second kappa shape index (κ2) is 6.39. The lowest BCUT2D eigenvalue weighted by Crippen LogP contribution is -2.21. The molecule has 114 valence electrons. The first-order chi connectivity index (χ1) is 10.5. The topological polar surface area (TPSA) is 49.3 Å². The van der Waals surface area contributed by atoms with Crippen LogP contribution in [0.15, 0.2) is 61.2 Å². The van der Waals surface area contributed by atoms with Crippen molar-refractivity contribution in [3.8, 4) is 5.75 Å². The van der Waals surface area contributed by atoms with Gasteiger partial charge in [0.05, 0.1) is 11.1 Å². The number of amides is 1. The average molecular weight is 303 g/mol. The molecule has 0 unspecified atom stereocenters. The normalized spacial score (nSPS) is 11.0. The van der Waals surface area contributed by atoms with E-state index in [9.17, 15) is 18.7 Å². The molecule has 2 aromatic rings. The van der Waals surface area contributed by atoms with Crippen LogP contribution >= 0.6 is 0 Å². The number of phenolic OH excluding ortho intramolecular Hbond substituents is 1. The summed E-state index contributed by atoms with van der Waals surface area (Å²) in [6.45, 7) is 3.28. The molecule has 0 aromatic heterocycles. The molecule has 0 aliphatic carbocycles. The number of hydrogen-bond donors (Lipinski definition) is 2. The molecule has 2 N–H and O–H groups in total. The minimum Gasteiger partial charge on any atom is -0.507 e. The first kappa shape index (κ1) is 15.7. The van der Waals surface area contributed by atoms with Crippen LogP contribution in [0.2, 0.25) is 0 Å². The Bertz CT molecular complexity index is 684. The van der Waals surface area contributed by atoms with Crippen LogP contribution in [0, 0.1) is 0 Å². The lowest BCUT2D eigenvalue weighted by Gasteiger charge is -2.19. The van der Waals surface area contributed by atoms with Crippen molar-refractivity contribution >= 4 is 11.6 Å². The van der Waals surface area contributed by atoms with Crippen molar-refractivity contribution in [2.45, 2.75) is 12.3 Å². The third kappa shape index (κ3) is 3.31. The highest BCUT2D eigenvalue weighted by molar-refractivity contribution is 6.05. The lowest BCUT2D eigenvalue weighted by atomic mass is 9.97. The van der Waals surface area contributed by atoms with Crippen molar-refractivity contribution in [1.82, 2.24) is 0 Å². The Morgan fingerprint density at radius 2 is 1.86 bits per heavy atom. The molecular formula is C17H15F2NO2. The Morgan fingerprint density at radius 3 is 2.50 bits per heavy atom. The number of phenols is 1. The van der Waals surface area contributed by atoms with Crippen LogP contribution in [0.25, 0.3) is 0 Å². The summed E-state index contributed by atoms with van der Waals surface area (Å²) in [7, 11) is 0. The number of nitrogens with one attached hydrogen (secondary N) is 1. The molecule has 0 bridgehead atoms. The summed E-state index contributed by atoms with van der Waals surface area (Å²) in [6, 6.07) is 12.2. The fraction of sp³-hybridized carbons (Fsp3) is 0.118. The molecule has 0 saturated heterocycles. The van der Waals surface area contributed by atoms with Gasteiger partial charge in [-0.25, -0.2) is 8.78 Å². The van der Waals surface area contributed by atoms with Gasteiger partial charge in [-0.3, -0.25) is 4.79 Å². The van der Waals surface area contributed by atoms with Crippen LogP contribution in [0.1, 0.15) is 22.3 Å². The summed E-state index contributed by atoms with van der Waals surface area (Å²) in [4.78, 5) is 12.3. The molecule has 0 saturated carbocycles. The largest absolute Gasteiger partial charge is 0.507 e. The average Bonchev–Trinajstić information content (AvgIpc) is 2.47. The van der Waals surface area contributed by atoms with Crippen LogP contribution in [0.4, 0.5) is 14.5 Å². The maximum absolute atomic E-state index is 14.2. The van der Waals surface area contributed by atoms with Gasteiger partial charge in [-0.2, -0.15) is 0 Å². The summed E-state index contributed by atoms with van der Waals surface area (Å²) in [5.74, 6) is -4.70. The molecule has 1 amide bonds. The Kier molecular flexibility index (Phi) is 4.56. The Hall–Kier alpha value is -2.69. The molecule has 0 fully saturated rings. The molecule has 22 heavy (non-hydrogen) atoms. The van der Waals surface area contributed by atoms with Gasteiger partial charge in [-0.1, -0.05) is 30.3 Å². The van der Waals surface area contributed by atoms with Gasteiger partial charge in [0.15, 0.2) is 0 Å². The lowest BCUT2D eigenvalue weighted by molar-refractivity contribution is -0.00376. The number of rotatable bonds is 5. The number of hydrogen-bond acceptors (Lipinski definition) is 2. The van der Waals surface area contributed by atoms with Gasteiger partial charge in [0.25, 0.3) is 11.8 Å². The van der Waals surface area contributed by atoms with Crippen molar-refractivity contribution in [3.05, 3.63) is 72.3 Å². The summed E-state index contributed by atoms with van der Waals surface area (Å²) in [5.41, 5.74) is -0.479. The standard InChI is InChI=1S/C17H15F2NO2/c1-2-11-17(18,19)15-13(9-6-10-14(15)21)16(22)20-12-7-4-3-5-8-12/h2-10,21H,1,11H2,(H,20,22). The van der Waals surface area contributed by atoms with E-state index in [1.54, 1.807) is 30.3 Å². The van der Waals surface area contributed by atoms with E-state index >= 15 is 0 Å². The smallest absolute Gasteiger partial charge is 0.280 e. The summed E-state index contributed by atoms with van der Waals surface area (Å²) in [6.07, 6.45) is 0.376. The van der Waals surface area contributed by atoms with E-state index in [0.717, 1.165) is 12.1 Å². The Morgan fingerprint density at radius 1 is 1.18 bits per heavy atom. The first-order valence-corrected chi connectivity index (χ1v) is 6.63. The van der Waals surface area contributed by atoms with Gasteiger partial charge in [0.1, 0.15) is 5.75 Å². The van der Waals surface area contributed by atoms with Crippen molar-refractivity contribution < 1.29 is 18.7 Å². The third-order valence-electron chi connectivity index (χ3n) is 3.09. The monoisotopic (exact) mass is 303 g/mol. The van der Waals surface area contributed by atoms with E-state index in [1.807, 2.05) is 0 Å². The van der Waals surface area contributed by atoms with E-state index in [-0.39, 0.29) is 5.56 Å². The SMILES string of the molecule is C=CCC(F)(F)c1c(O)cccc1C(=O)Nc1ccccc1. The molecule has 3 nitrogen and oxygen atoms in total. The summed E-state index contributed by atoms with van der Waals surface area (Å²) in [5, 5.41) is 12.3. The van der Waals surface area contributed by atoms with Crippen LogP contribution in [-0.4, -0.2) is 11.0 Å². The van der Waals surface area contributed by atoms with Crippen molar-refractivity contribution in [2.75, 3.05) is 5.32 Å². The molecule has 2 aromatic carbocycles. The van der Waals surface area contributed by atoms with Crippen LogP contribution in [-0.2, 0) is 5.92 Å². The number of aromatic hydroxyl groups is 1. The number of allylic oxidation sites excluding steroid dienone is 1. The predicted molar refractivity (Wildman–Crippen MR) is 81.2 cm³/mol. The number of carbonyl (C=O) groups is 1. The predicted octanol–water partition coefficient (Wildman–Crippen LogP) is 4.31. The van der Waals surface area contributed by atoms with Crippen molar-refractivity contribution in [1.29, 1.82) is 0 Å². The fourth-order valence-electron chi connectivity index (χ4n) is 2.12. The highest BCUT2D eigenvalue weighted by Crippen LogP contribution is 2.40. The molecule has 0 radical (unpaired) electrons. The third-order valence-corrected chi connectivity index (χ3v) is 3.09. The molecule has 5 heteroatoms. The van der Waals surface area contributed by atoms with Gasteiger partial charge in [-0.05, 0) is 24.3 Å². The highest BCUT2D eigenvalue weighted by Gasteiger charge is 2.37. The zero-order chi connectivity index (χ0) is 16.2. The number of para-hydroxylation sites is 1. The number of anilines is 1. The zero-order valence-corrected chi connectivity index (χ0v) is 11.7. The van der Waals surface area contributed by atoms with Crippen molar-refractivity contribution in [2.24, 2.45) is 0 Å². The van der Waals surface area contributed by atoms with Gasteiger partial charge >= 0.3 is 0 Å². The number of carbonyl (C=O) groups excluding carboxylic acids is 1. The molecule has 0 spiro atoms. The molecule has 0 heterocycles. The Labute approximate surface area is 126 Å². The molecular weight excluding hydrogens is 288 g/mol. The number of halogens is 2. The number of alkyl halides is 2. The minimum absolute atomic E-state index is 0.268. The fourth-order valence-corrected chi connectivity index (χ4v) is 2.12. The maximum Gasteiger partial charge on any atom is 0.280 e. The van der Waals surface area contributed by atoms with Gasteiger partial charge in [0, 0.05) is 12.1 Å². The highest BCUT2D eigenvalue weighted by atomic mass is 19.3. The Balaban J connectivity index is 2.41. The van der Waals surface area contributed by atoms with E-state index < -0.39 is 29.6 Å². The number of benzene rings is 2. The quantitative estimate of drug-likeness (QED) is 0.809. The van der Waals surface area contributed by atoms with Crippen LogP contribution < -0.4 is 5.32 Å². The van der Waals surface area contributed by atoms with Crippen molar-refractivity contribution in [3.63, 3.8) is 0 Å². The first-order valence-electron chi connectivity index (χ1n) is 6.63. The van der Waals surface area contributed by atoms with Gasteiger partial charge in [-0.15, -0.1) is 6.58 Å². The zero-order valence-electron chi connectivity index (χ0n) is 11.7. The summed E-state index contributed by atoms with van der Waals surface area (Å²) >= 11 is 0. The van der Waals surface area contributed by atoms with E-state index in [0.29, 0.717) is 5.69 Å². The molecule has 2 rings (SSSR count). The molecule has 0 aliphatic heterocycles. The second-order valence-corrected chi connectivity index (χ2v) is 4.72. The summed E-state index contributed by atoms with van der Waals surface area (Å²) < 4.78 is 28.3. The van der Waals surface area contributed by atoms with Gasteiger partial charge < -0.3 is 10.4 Å². The van der Waals surface area contributed by atoms with E-state index in [1.165, 1.54) is 12.1 Å². The van der Waals surface area contributed by atoms with E-state index in [2.05, 4.69) is 11.9 Å². The molecule has 0 aliphatic rings. The van der Waals surface area contributed by atoms with Crippen LogP contribution in [0.5, 0.6) is 5.75 Å².